The van der Waals surface area contributed by atoms with Crippen LogP contribution < -0.4 is 5.32 Å². The summed E-state index contributed by atoms with van der Waals surface area (Å²) in [5.74, 6) is 0. The molecule has 1 unspecified atom stereocenters. The lowest BCUT2D eigenvalue weighted by molar-refractivity contribution is -0.384. The fourth-order valence-electron chi connectivity index (χ4n) is 2.30. The number of nitro groups is 1. The van der Waals surface area contributed by atoms with Crippen LogP contribution in [0.3, 0.4) is 0 Å². The smallest absolute Gasteiger partial charge is 0.269 e. The lowest BCUT2D eigenvalue weighted by Crippen LogP contribution is -2.46. The van der Waals surface area contributed by atoms with Crippen molar-refractivity contribution in [2.75, 3.05) is 32.8 Å². The molecule has 20 heavy (non-hydrogen) atoms. The van der Waals surface area contributed by atoms with Crippen molar-refractivity contribution in [3.63, 3.8) is 0 Å². The number of ether oxygens (including phenoxy) is 1. The number of nitrogens with zero attached hydrogens (tertiary/aromatic N) is 2. The maximum absolute atomic E-state index is 10.6. The minimum Gasteiger partial charge on any atom is -0.374 e. The van der Waals surface area contributed by atoms with Gasteiger partial charge in [-0.05, 0) is 12.1 Å². The Hall–Kier alpha value is -1.50. The molecule has 1 fully saturated rings. The van der Waals surface area contributed by atoms with Gasteiger partial charge in [-0.1, -0.05) is 19.1 Å². The van der Waals surface area contributed by atoms with Crippen LogP contribution in [0.15, 0.2) is 24.3 Å². The highest BCUT2D eigenvalue weighted by molar-refractivity contribution is 5.32. The van der Waals surface area contributed by atoms with Crippen LogP contribution in [-0.4, -0.2) is 48.7 Å². The predicted molar refractivity (Wildman–Crippen MR) is 76.7 cm³/mol. The fourth-order valence-corrected chi connectivity index (χ4v) is 2.30. The number of hydrogen-bond acceptors (Lipinski definition) is 5. The molecule has 6 heteroatoms. The molecule has 0 aromatic heterocycles. The third-order valence-electron chi connectivity index (χ3n) is 3.52. The van der Waals surface area contributed by atoms with Crippen LogP contribution >= 0.6 is 0 Å². The predicted octanol–water partition coefficient (Wildman–Crippen LogP) is 1.41. The van der Waals surface area contributed by atoms with Gasteiger partial charge < -0.3 is 10.1 Å². The maximum Gasteiger partial charge on any atom is 0.269 e. The number of rotatable bonds is 6. The van der Waals surface area contributed by atoms with Crippen molar-refractivity contribution in [2.45, 2.75) is 19.6 Å². The second kappa shape index (κ2) is 7.33. The first-order valence-electron chi connectivity index (χ1n) is 6.97. The average molecular weight is 279 g/mol. The van der Waals surface area contributed by atoms with Crippen molar-refractivity contribution in [3.8, 4) is 0 Å². The largest absolute Gasteiger partial charge is 0.374 e. The van der Waals surface area contributed by atoms with Gasteiger partial charge in [0.25, 0.3) is 5.69 Å². The molecule has 1 aromatic carbocycles. The lowest BCUT2D eigenvalue weighted by Gasteiger charge is -2.32. The van der Waals surface area contributed by atoms with Crippen LogP contribution in [0.4, 0.5) is 5.69 Å². The van der Waals surface area contributed by atoms with Crippen LogP contribution in [0.5, 0.6) is 0 Å². The molecule has 1 heterocycles. The van der Waals surface area contributed by atoms with Crippen LogP contribution in [-0.2, 0) is 11.3 Å². The molecule has 1 atom stereocenters. The topological polar surface area (TPSA) is 67.6 Å². The molecule has 1 aliphatic heterocycles. The van der Waals surface area contributed by atoms with E-state index in [1.807, 2.05) is 0 Å². The van der Waals surface area contributed by atoms with Gasteiger partial charge in [0.15, 0.2) is 0 Å². The van der Waals surface area contributed by atoms with Gasteiger partial charge >= 0.3 is 0 Å². The summed E-state index contributed by atoms with van der Waals surface area (Å²) in [6, 6.07) is 6.64. The molecule has 1 aliphatic rings. The zero-order valence-electron chi connectivity index (χ0n) is 11.7. The molecular formula is C14H21N3O3. The Morgan fingerprint density at radius 2 is 2.20 bits per heavy atom. The van der Waals surface area contributed by atoms with Crippen molar-refractivity contribution < 1.29 is 9.66 Å². The number of benzene rings is 1. The summed E-state index contributed by atoms with van der Waals surface area (Å²) in [5.41, 5.74) is 1.17. The molecule has 6 nitrogen and oxygen atoms in total. The number of non-ortho nitro benzene ring substituents is 1. The number of hydrogen-bond donors (Lipinski definition) is 1. The molecule has 110 valence electrons. The van der Waals surface area contributed by atoms with Crippen molar-refractivity contribution in [2.24, 2.45) is 0 Å². The van der Waals surface area contributed by atoms with Gasteiger partial charge in [-0.3, -0.25) is 15.0 Å². The molecule has 2 rings (SSSR count). The standard InChI is InChI=1S/C14H21N3O3/c1-2-16-7-8-20-14(11-16)10-15-9-12-3-5-13(6-4-12)17(18)19/h3-6,14-15H,2,7-11H2,1H3. The first-order chi connectivity index (χ1) is 9.69. The number of morpholine rings is 1. The Morgan fingerprint density at radius 1 is 1.45 bits per heavy atom. The van der Waals surface area contributed by atoms with E-state index < -0.39 is 0 Å². The van der Waals surface area contributed by atoms with E-state index in [1.165, 1.54) is 12.1 Å². The van der Waals surface area contributed by atoms with Crippen molar-refractivity contribution in [1.29, 1.82) is 0 Å². The summed E-state index contributed by atoms with van der Waals surface area (Å²) < 4.78 is 5.71. The normalized spacial score (nSPS) is 19.9. The fraction of sp³-hybridized carbons (Fsp3) is 0.571. The highest BCUT2D eigenvalue weighted by Gasteiger charge is 2.18. The average Bonchev–Trinajstić information content (AvgIpc) is 2.48. The zero-order valence-corrected chi connectivity index (χ0v) is 11.7. The Balaban J connectivity index is 1.74. The van der Waals surface area contributed by atoms with Gasteiger partial charge in [-0.2, -0.15) is 0 Å². The highest BCUT2D eigenvalue weighted by Crippen LogP contribution is 2.11. The van der Waals surface area contributed by atoms with Crippen molar-refractivity contribution in [1.82, 2.24) is 10.2 Å². The second-order valence-corrected chi connectivity index (χ2v) is 4.94. The van der Waals surface area contributed by atoms with E-state index in [1.54, 1.807) is 12.1 Å². The quantitative estimate of drug-likeness (QED) is 0.630. The van der Waals surface area contributed by atoms with Crippen LogP contribution in [0.2, 0.25) is 0 Å². The van der Waals surface area contributed by atoms with Crippen LogP contribution in [0.1, 0.15) is 12.5 Å². The summed E-state index contributed by atoms with van der Waals surface area (Å²) >= 11 is 0. The molecule has 0 bridgehead atoms. The molecule has 1 N–H and O–H groups in total. The molecule has 1 aromatic rings. The van der Waals surface area contributed by atoms with Gasteiger partial charge in [-0.15, -0.1) is 0 Å². The highest BCUT2D eigenvalue weighted by atomic mass is 16.6. The monoisotopic (exact) mass is 279 g/mol. The Bertz CT molecular complexity index is 436. The zero-order chi connectivity index (χ0) is 14.4. The summed E-state index contributed by atoms with van der Waals surface area (Å²) in [6.45, 7) is 7.48. The van der Waals surface area contributed by atoms with Crippen molar-refractivity contribution >= 4 is 5.69 Å². The van der Waals surface area contributed by atoms with E-state index >= 15 is 0 Å². The van der Waals surface area contributed by atoms with Gasteiger partial charge in [0.2, 0.25) is 0 Å². The van der Waals surface area contributed by atoms with Crippen LogP contribution in [0, 0.1) is 10.1 Å². The summed E-state index contributed by atoms with van der Waals surface area (Å²) in [4.78, 5) is 12.6. The first-order valence-corrected chi connectivity index (χ1v) is 6.97. The van der Waals surface area contributed by atoms with E-state index in [0.717, 1.165) is 38.3 Å². The van der Waals surface area contributed by atoms with E-state index in [0.29, 0.717) is 6.54 Å². The third-order valence-corrected chi connectivity index (χ3v) is 3.52. The SMILES string of the molecule is CCN1CCOC(CNCc2ccc([N+](=O)[O-])cc2)C1. The number of likely N-dealkylation sites (N-methyl/N-ethyl adjacent to an activating group) is 1. The first kappa shape index (κ1) is 14.9. The van der Waals surface area contributed by atoms with E-state index in [4.69, 9.17) is 4.74 Å². The third kappa shape index (κ3) is 4.26. The Morgan fingerprint density at radius 3 is 2.85 bits per heavy atom. The van der Waals surface area contributed by atoms with E-state index in [2.05, 4.69) is 17.1 Å². The maximum atomic E-state index is 10.6. The van der Waals surface area contributed by atoms with Gasteiger partial charge in [0, 0.05) is 38.3 Å². The van der Waals surface area contributed by atoms with Gasteiger partial charge in [-0.25, -0.2) is 0 Å². The molecule has 0 saturated carbocycles. The minimum absolute atomic E-state index is 0.128. The van der Waals surface area contributed by atoms with Crippen molar-refractivity contribution in [3.05, 3.63) is 39.9 Å². The Kier molecular flexibility index (Phi) is 5.46. The molecule has 0 spiro atoms. The van der Waals surface area contributed by atoms with Gasteiger partial charge in [0.1, 0.15) is 0 Å². The lowest BCUT2D eigenvalue weighted by atomic mass is 10.2. The second-order valence-electron chi connectivity index (χ2n) is 4.94. The summed E-state index contributed by atoms with van der Waals surface area (Å²) in [5, 5.41) is 13.9. The van der Waals surface area contributed by atoms with Gasteiger partial charge in [0.05, 0.1) is 17.6 Å². The molecule has 0 aliphatic carbocycles. The Labute approximate surface area is 118 Å². The molecular weight excluding hydrogens is 258 g/mol. The summed E-state index contributed by atoms with van der Waals surface area (Å²) in [6.07, 6.45) is 0.224. The molecule has 1 saturated heterocycles. The molecule has 0 radical (unpaired) electrons. The summed E-state index contributed by atoms with van der Waals surface area (Å²) in [7, 11) is 0. The number of nitrogens with one attached hydrogen (secondary N) is 1. The van der Waals surface area contributed by atoms with E-state index in [9.17, 15) is 10.1 Å². The minimum atomic E-state index is -0.383. The van der Waals surface area contributed by atoms with Crippen LogP contribution in [0.25, 0.3) is 0 Å². The molecule has 0 amide bonds. The number of nitro benzene ring substituents is 1. The van der Waals surface area contributed by atoms with E-state index in [-0.39, 0.29) is 16.7 Å².